The van der Waals surface area contributed by atoms with E-state index >= 15 is 0 Å². The van der Waals surface area contributed by atoms with Crippen LogP contribution in [-0.2, 0) is 14.6 Å². The van der Waals surface area contributed by atoms with E-state index in [9.17, 15) is 13.2 Å². The van der Waals surface area contributed by atoms with E-state index in [0.717, 1.165) is 19.3 Å². The number of hydrogen-bond acceptors (Lipinski definition) is 3. The average molecular weight is 252 g/mol. The molecule has 4 nitrogen and oxygen atoms in total. The maximum Gasteiger partial charge on any atom is 0.223 e. The summed E-state index contributed by atoms with van der Waals surface area (Å²) in [6, 6.07) is -0.398. The van der Waals surface area contributed by atoms with Gasteiger partial charge in [0.15, 0.2) is 9.84 Å². The van der Waals surface area contributed by atoms with Crippen molar-refractivity contribution in [3.63, 3.8) is 0 Å². The zero-order valence-electron chi connectivity index (χ0n) is 8.28. The molecule has 0 spiro atoms. The number of rotatable bonds is 2. The van der Waals surface area contributed by atoms with Crippen molar-refractivity contribution in [2.75, 3.05) is 11.5 Å². The van der Waals surface area contributed by atoms with Gasteiger partial charge in [-0.2, -0.15) is 0 Å². The van der Waals surface area contributed by atoms with Crippen LogP contribution >= 0.6 is 11.6 Å². The molecule has 0 aromatic rings. The number of alkyl halides is 1. The van der Waals surface area contributed by atoms with Crippen molar-refractivity contribution in [3.05, 3.63) is 0 Å². The lowest BCUT2D eigenvalue weighted by molar-refractivity contribution is -0.127. The molecular weight excluding hydrogens is 238 g/mol. The number of halogens is 1. The molecular formula is C9H14ClNO3S. The molecule has 2 aliphatic rings. The molecule has 2 atom stereocenters. The Hall–Kier alpha value is -0.290. The van der Waals surface area contributed by atoms with Crippen LogP contribution in [0, 0.1) is 5.92 Å². The minimum atomic E-state index is -3.05. The van der Waals surface area contributed by atoms with E-state index in [0.29, 0.717) is 0 Å². The van der Waals surface area contributed by atoms with Gasteiger partial charge in [-0.1, -0.05) is 6.42 Å². The fraction of sp³-hybridized carbons (Fsp3) is 0.889. The third-order valence-electron chi connectivity index (χ3n) is 3.09. The molecule has 0 aromatic carbocycles. The predicted octanol–water partition coefficient (Wildman–Crippen LogP) is 0.307. The fourth-order valence-corrected chi connectivity index (χ4v) is 4.46. The molecule has 2 unspecified atom stereocenters. The zero-order chi connectivity index (χ0) is 11.1. The maximum absolute atomic E-state index is 11.6. The Labute approximate surface area is 94.3 Å². The van der Waals surface area contributed by atoms with E-state index in [1.54, 1.807) is 0 Å². The third kappa shape index (κ3) is 2.45. The summed E-state index contributed by atoms with van der Waals surface area (Å²) >= 11 is 5.88. The van der Waals surface area contributed by atoms with Crippen LogP contribution in [-0.4, -0.2) is 37.2 Å². The monoisotopic (exact) mass is 251 g/mol. The van der Waals surface area contributed by atoms with E-state index in [1.807, 2.05) is 0 Å². The first-order valence-electron chi connectivity index (χ1n) is 5.13. The summed E-state index contributed by atoms with van der Waals surface area (Å²) in [5, 5.41) is 2.26. The molecule has 86 valence electrons. The second kappa shape index (κ2) is 3.94. The highest BCUT2D eigenvalue weighted by Crippen LogP contribution is 2.27. The van der Waals surface area contributed by atoms with Crippen molar-refractivity contribution in [2.24, 2.45) is 5.92 Å². The van der Waals surface area contributed by atoms with Gasteiger partial charge in [0.1, 0.15) is 0 Å². The second-order valence-electron chi connectivity index (χ2n) is 4.34. The number of carbonyl (C=O) groups excluding carboxylic acids is 1. The molecule has 0 bridgehead atoms. The number of carbonyl (C=O) groups is 1. The van der Waals surface area contributed by atoms with Gasteiger partial charge in [-0.15, -0.1) is 11.6 Å². The summed E-state index contributed by atoms with van der Waals surface area (Å²) in [6.45, 7) is 0. The molecule has 1 heterocycles. The maximum atomic E-state index is 11.6. The van der Waals surface area contributed by atoms with Crippen molar-refractivity contribution in [3.8, 4) is 0 Å². The largest absolute Gasteiger partial charge is 0.351 e. The molecule has 1 saturated heterocycles. The van der Waals surface area contributed by atoms with Crippen LogP contribution < -0.4 is 5.32 Å². The van der Waals surface area contributed by atoms with Crippen molar-refractivity contribution in [1.29, 1.82) is 0 Å². The third-order valence-corrected chi connectivity index (χ3v) is 5.46. The van der Waals surface area contributed by atoms with Crippen LogP contribution in [0.25, 0.3) is 0 Å². The van der Waals surface area contributed by atoms with Gasteiger partial charge in [-0.25, -0.2) is 8.42 Å². The van der Waals surface area contributed by atoms with Crippen molar-refractivity contribution >= 4 is 27.3 Å². The van der Waals surface area contributed by atoms with Crippen LogP contribution in [0.3, 0.4) is 0 Å². The first kappa shape index (κ1) is 11.2. The minimum absolute atomic E-state index is 0.0143. The van der Waals surface area contributed by atoms with Gasteiger partial charge in [0, 0.05) is 5.92 Å². The molecule has 15 heavy (non-hydrogen) atoms. The van der Waals surface area contributed by atoms with Gasteiger partial charge in [0.2, 0.25) is 5.91 Å². The topological polar surface area (TPSA) is 63.2 Å². The molecule has 6 heteroatoms. The summed E-state index contributed by atoms with van der Waals surface area (Å²) in [6.07, 6.45) is 2.92. The van der Waals surface area contributed by atoms with Crippen LogP contribution in [0.1, 0.15) is 19.3 Å². The molecule has 1 aliphatic heterocycles. The van der Waals surface area contributed by atoms with Gasteiger partial charge in [-0.3, -0.25) is 4.79 Å². The molecule has 2 rings (SSSR count). The summed E-state index contributed by atoms with van der Waals surface area (Å²) in [5.74, 6) is 0.00948. The fourth-order valence-electron chi connectivity index (χ4n) is 1.91. The van der Waals surface area contributed by atoms with Crippen molar-refractivity contribution in [1.82, 2.24) is 5.32 Å². The number of sulfone groups is 1. The highest BCUT2D eigenvalue weighted by Gasteiger charge is 2.38. The second-order valence-corrected chi connectivity index (χ2v) is 7.05. The zero-order valence-corrected chi connectivity index (χ0v) is 9.85. The lowest BCUT2D eigenvalue weighted by Gasteiger charge is -2.26. The van der Waals surface area contributed by atoms with Crippen LogP contribution in [0.4, 0.5) is 0 Å². The first-order valence-corrected chi connectivity index (χ1v) is 7.38. The standard InChI is InChI=1S/C9H14ClNO3S/c10-7-4-15(13,14)5-8(7)11-9(12)6-2-1-3-6/h6-8H,1-5H2,(H,11,12). The Bertz CT molecular complexity index is 364. The Morgan fingerprint density at radius 2 is 1.93 bits per heavy atom. The van der Waals surface area contributed by atoms with Gasteiger partial charge < -0.3 is 5.32 Å². The molecule has 1 aliphatic carbocycles. The smallest absolute Gasteiger partial charge is 0.223 e. The summed E-state index contributed by atoms with van der Waals surface area (Å²) in [5.41, 5.74) is 0. The summed E-state index contributed by atoms with van der Waals surface area (Å²) in [7, 11) is -3.05. The Kier molecular flexibility index (Phi) is 2.94. The van der Waals surface area contributed by atoms with Crippen molar-refractivity contribution in [2.45, 2.75) is 30.7 Å². The molecule has 0 aromatic heterocycles. The van der Waals surface area contributed by atoms with Crippen LogP contribution in [0.5, 0.6) is 0 Å². The van der Waals surface area contributed by atoms with Gasteiger partial charge in [-0.05, 0) is 12.8 Å². The van der Waals surface area contributed by atoms with E-state index in [1.165, 1.54) is 0 Å². The number of nitrogens with one attached hydrogen (secondary N) is 1. The normalized spacial score (nSPS) is 34.7. The summed E-state index contributed by atoms with van der Waals surface area (Å²) < 4.78 is 22.5. The van der Waals surface area contributed by atoms with Gasteiger partial charge >= 0.3 is 0 Å². The van der Waals surface area contributed by atoms with E-state index < -0.39 is 21.3 Å². The number of amides is 1. The lowest BCUT2D eigenvalue weighted by Crippen LogP contribution is -2.45. The SMILES string of the molecule is O=C(NC1CS(=O)(=O)CC1Cl)C1CCC1. The van der Waals surface area contributed by atoms with Gasteiger partial charge in [0.25, 0.3) is 0 Å². The van der Waals surface area contributed by atoms with Crippen LogP contribution in [0.15, 0.2) is 0 Å². The highest BCUT2D eigenvalue weighted by molar-refractivity contribution is 7.91. The van der Waals surface area contributed by atoms with E-state index in [2.05, 4.69) is 5.32 Å². The van der Waals surface area contributed by atoms with Crippen molar-refractivity contribution < 1.29 is 13.2 Å². The lowest BCUT2D eigenvalue weighted by atomic mass is 9.84. The molecule has 1 N–H and O–H groups in total. The Morgan fingerprint density at radius 1 is 1.27 bits per heavy atom. The highest BCUT2D eigenvalue weighted by atomic mass is 35.5. The van der Waals surface area contributed by atoms with E-state index in [-0.39, 0.29) is 23.3 Å². The Morgan fingerprint density at radius 3 is 2.33 bits per heavy atom. The minimum Gasteiger partial charge on any atom is -0.351 e. The first-order chi connectivity index (χ1) is 6.98. The quantitative estimate of drug-likeness (QED) is 0.719. The van der Waals surface area contributed by atoms with E-state index in [4.69, 9.17) is 11.6 Å². The predicted molar refractivity (Wildman–Crippen MR) is 57.6 cm³/mol. The Balaban J connectivity index is 1.92. The van der Waals surface area contributed by atoms with Gasteiger partial charge in [0.05, 0.1) is 22.9 Å². The molecule has 1 saturated carbocycles. The molecule has 0 radical (unpaired) electrons. The van der Waals surface area contributed by atoms with Crippen LogP contribution in [0.2, 0.25) is 0 Å². The molecule has 2 fully saturated rings. The summed E-state index contributed by atoms with van der Waals surface area (Å²) in [4.78, 5) is 11.6. The number of hydrogen-bond donors (Lipinski definition) is 1. The molecule has 1 amide bonds. The average Bonchev–Trinajstić information content (AvgIpc) is 2.20.